The van der Waals surface area contributed by atoms with Crippen LogP contribution in [-0.4, -0.2) is 56.0 Å². The molecule has 0 bridgehead atoms. The molecule has 1 heterocycles. The van der Waals surface area contributed by atoms with Crippen LogP contribution in [0.25, 0.3) is 10.8 Å². The molecular formula is C23H23F3N2O4S. The van der Waals surface area contributed by atoms with Crippen molar-refractivity contribution in [3.05, 3.63) is 65.7 Å². The van der Waals surface area contributed by atoms with Crippen LogP contribution in [0, 0.1) is 0 Å². The van der Waals surface area contributed by atoms with Crippen molar-refractivity contribution in [1.82, 2.24) is 9.21 Å². The fourth-order valence-electron chi connectivity index (χ4n) is 4.06. The number of ether oxygens (including phenoxy) is 1. The number of nitrogens with zero attached hydrogens (tertiary/aromatic N) is 2. The number of benzene rings is 3. The summed E-state index contributed by atoms with van der Waals surface area (Å²) >= 11 is 0. The minimum atomic E-state index is -4.77. The summed E-state index contributed by atoms with van der Waals surface area (Å²) < 4.78 is 72.4. The molecule has 1 fully saturated rings. The summed E-state index contributed by atoms with van der Waals surface area (Å²) in [5, 5.41) is 12.2. The fourth-order valence-corrected chi connectivity index (χ4v) is 5.69. The minimum absolute atomic E-state index is 0.0450. The normalized spacial score (nSPS) is 16.2. The van der Waals surface area contributed by atoms with Gasteiger partial charge in [0.1, 0.15) is 11.5 Å². The van der Waals surface area contributed by atoms with E-state index in [2.05, 4.69) is 0 Å². The number of hydrogen-bond acceptors (Lipinski definition) is 5. The van der Waals surface area contributed by atoms with E-state index >= 15 is 0 Å². The molecule has 0 radical (unpaired) electrons. The summed E-state index contributed by atoms with van der Waals surface area (Å²) in [4.78, 5) is 1.24. The molecule has 33 heavy (non-hydrogen) atoms. The van der Waals surface area contributed by atoms with Gasteiger partial charge >= 0.3 is 6.18 Å². The Labute approximate surface area is 189 Å². The van der Waals surface area contributed by atoms with Crippen LogP contribution in [-0.2, 0) is 22.7 Å². The van der Waals surface area contributed by atoms with Gasteiger partial charge in [0.15, 0.2) is 0 Å². The van der Waals surface area contributed by atoms with Gasteiger partial charge in [-0.25, -0.2) is 8.42 Å². The first-order chi connectivity index (χ1) is 15.6. The molecule has 3 aromatic rings. The highest BCUT2D eigenvalue weighted by Crippen LogP contribution is 2.36. The number of aromatic hydroxyl groups is 1. The van der Waals surface area contributed by atoms with Gasteiger partial charge in [-0.15, -0.1) is 0 Å². The number of sulfonamides is 1. The topological polar surface area (TPSA) is 70.1 Å². The molecule has 0 amide bonds. The third kappa shape index (κ3) is 4.64. The van der Waals surface area contributed by atoms with Crippen molar-refractivity contribution in [1.29, 1.82) is 0 Å². The van der Waals surface area contributed by atoms with Gasteiger partial charge in [-0.05, 0) is 41.1 Å². The van der Waals surface area contributed by atoms with Gasteiger partial charge in [0.2, 0.25) is 10.0 Å². The maximum absolute atomic E-state index is 13.3. The third-order valence-corrected chi connectivity index (χ3v) is 7.80. The summed E-state index contributed by atoms with van der Waals surface area (Å²) in [6, 6.07) is 13.2. The molecule has 1 N–H and O–H groups in total. The minimum Gasteiger partial charge on any atom is -0.508 e. The maximum atomic E-state index is 13.3. The molecule has 0 saturated carbocycles. The highest BCUT2D eigenvalue weighted by atomic mass is 32.2. The Kier molecular flexibility index (Phi) is 6.26. The maximum Gasteiger partial charge on any atom is 0.417 e. The molecule has 3 aromatic carbocycles. The summed E-state index contributed by atoms with van der Waals surface area (Å²) in [5.74, 6) is 0.763. The Morgan fingerprint density at radius 2 is 1.67 bits per heavy atom. The average Bonchev–Trinajstić information content (AvgIpc) is 2.80. The van der Waals surface area contributed by atoms with E-state index in [4.69, 9.17) is 4.74 Å². The van der Waals surface area contributed by atoms with Gasteiger partial charge in [-0.2, -0.15) is 17.5 Å². The molecule has 0 aliphatic carbocycles. The first-order valence-electron chi connectivity index (χ1n) is 10.3. The first kappa shape index (κ1) is 23.3. The zero-order valence-electron chi connectivity index (χ0n) is 17.8. The number of phenols is 1. The molecule has 0 unspecified atom stereocenters. The lowest BCUT2D eigenvalue weighted by Gasteiger charge is -2.34. The van der Waals surface area contributed by atoms with Crippen molar-refractivity contribution < 1.29 is 31.4 Å². The van der Waals surface area contributed by atoms with Crippen LogP contribution in [0.15, 0.2) is 59.5 Å². The lowest BCUT2D eigenvalue weighted by Crippen LogP contribution is -2.48. The van der Waals surface area contributed by atoms with Gasteiger partial charge in [-0.3, -0.25) is 4.90 Å². The second-order valence-corrected chi connectivity index (χ2v) is 9.73. The summed E-state index contributed by atoms with van der Waals surface area (Å²) in [6.45, 7) is 1.08. The number of hydrogen-bond donors (Lipinski definition) is 1. The first-order valence-corrected chi connectivity index (χ1v) is 11.7. The largest absolute Gasteiger partial charge is 0.508 e. The Morgan fingerprint density at radius 3 is 2.33 bits per heavy atom. The van der Waals surface area contributed by atoms with E-state index in [1.54, 1.807) is 19.2 Å². The molecule has 6 nitrogen and oxygen atoms in total. The van der Waals surface area contributed by atoms with E-state index in [1.165, 1.54) is 12.1 Å². The van der Waals surface area contributed by atoms with E-state index in [0.717, 1.165) is 27.2 Å². The van der Waals surface area contributed by atoms with Gasteiger partial charge in [-0.1, -0.05) is 24.3 Å². The molecule has 4 rings (SSSR count). The zero-order chi connectivity index (χ0) is 23.8. The van der Waals surface area contributed by atoms with Crippen molar-refractivity contribution in [2.45, 2.75) is 17.6 Å². The van der Waals surface area contributed by atoms with E-state index in [-0.39, 0.29) is 18.8 Å². The Hall–Kier alpha value is -2.82. The van der Waals surface area contributed by atoms with Gasteiger partial charge in [0.05, 0.1) is 17.6 Å². The lowest BCUT2D eigenvalue weighted by atomic mass is 10.0. The smallest absolute Gasteiger partial charge is 0.417 e. The lowest BCUT2D eigenvalue weighted by molar-refractivity contribution is -0.139. The van der Waals surface area contributed by atoms with Crippen molar-refractivity contribution in [3.63, 3.8) is 0 Å². The molecule has 1 aliphatic rings. The number of rotatable bonds is 5. The van der Waals surface area contributed by atoms with Crippen molar-refractivity contribution >= 4 is 20.8 Å². The van der Waals surface area contributed by atoms with Crippen LogP contribution in [0.1, 0.15) is 11.1 Å². The van der Waals surface area contributed by atoms with Crippen LogP contribution in [0.5, 0.6) is 11.5 Å². The number of methoxy groups -OCH3 is 1. The van der Waals surface area contributed by atoms with Crippen LogP contribution in [0.2, 0.25) is 0 Å². The second-order valence-electron chi connectivity index (χ2n) is 7.82. The third-order valence-electron chi connectivity index (χ3n) is 5.84. The predicted molar refractivity (Wildman–Crippen MR) is 118 cm³/mol. The molecule has 176 valence electrons. The van der Waals surface area contributed by atoms with Crippen molar-refractivity contribution in [2.24, 2.45) is 0 Å². The average molecular weight is 481 g/mol. The standard InChI is InChI=1S/C23H23F3N2O4S/c1-32-17-8-6-16-7-9-21(29)19(18(16)14-17)15-27-10-12-28(13-11-27)33(30,31)22-5-3-2-4-20(22)23(24,25)26/h2-9,14,29H,10-13,15H2,1H3. The monoisotopic (exact) mass is 480 g/mol. The van der Waals surface area contributed by atoms with Gasteiger partial charge in [0.25, 0.3) is 0 Å². The number of alkyl halides is 3. The predicted octanol–water partition coefficient (Wildman–Crippen LogP) is 4.08. The second kappa shape index (κ2) is 8.85. The molecule has 1 aliphatic heterocycles. The Morgan fingerprint density at radius 1 is 1.00 bits per heavy atom. The SMILES string of the molecule is COc1ccc2ccc(O)c(CN3CCN(S(=O)(=O)c4ccccc4C(F)(F)F)CC3)c2c1. The summed E-state index contributed by atoms with van der Waals surface area (Å²) in [7, 11) is -2.75. The Bertz CT molecular complexity index is 1270. The number of fused-ring (bicyclic) bond motifs is 1. The number of piperazine rings is 1. The molecule has 0 atom stereocenters. The van der Waals surface area contributed by atoms with Crippen LogP contribution >= 0.6 is 0 Å². The molecule has 1 saturated heterocycles. The fraction of sp³-hybridized carbons (Fsp3) is 0.304. The number of halogens is 3. The van der Waals surface area contributed by atoms with Crippen molar-refractivity contribution in [3.8, 4) is 11.5 Å². The summed E-state index contributed by atoms with van der Waals surface area (Å²) in [5.41, 5.74) is -0.479. The highest BCUT2D eigenvalue weighted by Gasteiger charge is 2.39. The Balaban J connectivity index is 1.53. The van der Waals surface area contributed by atoms with E-state index in [1.807, 2.05) is 23.1 Å². The van der Waals surface area contributed by atoms with Crippen LogP contribution in [0.3, 0.4) is 0 Å². The van der Waals surface area contributed by atoms with Crippen LogP contribution < -0.4 is 4.74 Å². The summed E-state index contributed by atoms with van der Waals surface area (Å²) in [6.07, 6.45) is -4.77. The highest BCUT2D eigenvalue weighted by molar-refractivity contribution is 7.89. The number of phenolic OH excluding ortho intramolecular Hbond substituents is 1. The molecule has 0 spiro atoms. The quantitative estimate of drug-likeness (QED) is 0.596. The van der Waals surface area contributed by atoms with Crippen molar-refractivity contribution in [2.75, 3.05) is 33.3 Å². The molecule has 10 heteroatoms. The van der Waals surface area contributed by atoms with Crippen LogP contribution in [0.4, 0.5) is 13.2 Å². The van der Waals surface area contributed by atoms with Gasteiger partial charge in [0, 0.05) is 38.3 Å². The van der Waals surface area contributed by atoms with E-state index < -0.39 is 26.7 Å². The zero-order valence-corrected chi connectivity index (χ0v) is 18.7. The van der Waals surface area contributed by atoms with E-state index in [0.29, 0.717) is 30.9 Å². The van der Waals surface area contributed by atoms with Gasteiger partial charge < -0.3 is 9.84 Å². The molecule has 0 aromatic heterocycles. The molecular weight excluding hydrogens is 457 g/mol. The van der Waals surface area contributed by atoms with E-state index in [9.17, 15) is 26.7 Å².